The van der Waals surface area contributed by atoms with E-state index in [-0.39, 0.29) is 5.41 Å². The van der Waals surface area contributed by atoms with E-state index in [1.54, 1.807) is 13.8 Å². The van der Waals surface area contributed by atoms with E-state index in [1.165, 1.54) is 0 Å². The normalized spacial score (nSPS) is 15.2. The Hall–Kier alpha value is -0.220. The van der Waals surface area contributed by atoms with Crippen molar-refractivity contribution in [2.24, 2.45) is 11.1 Å². The fourth-order valence-corrected chi connectivity index (χ4v) is 2.57. The molecule has 6 heteroatoms. The highest BCUT2D eigenvalue weighted by atomic mass is 31.2. The van der Waals surface area contributed by atoms with Gasteiger partial charge >= 0.3 is 5.97 Å². The van der Waals surface area contributed by atoms with Gasteiger partial charge in [-0.05, 0) is 18.3 Å². The van der Waals surface area contributed by atoms with Gasteiger partial charge in [0.15, 0.2) is 8.38 Å². The molecule has 0 bridgehead atoms. The van der Waals surface area contributed by atoms with Crippen LogP contribution in [-0.4, -0.2) is 32.1 Å². The van der Waals surface area contributed by atoms with Crippen LogP contribution in [0.4, 0.5) is 0 Å². The highest BCUT2D eigenvalue weighted by Gasteiger charge is 2.36. The molecule has 0 heterocycles. The summed E-state index contributed by atoms with van der Waals surface area (Å²) < 4.78 is 0. The van der Waals surface area contributed by atoms with Crippen LogP contribution in [0.3, 0.4) is 0 Å². The standard InChI is InChI=1S/C10H22NO4P/c1-9(2,5-7(11)8(12)13)6-10(3,4)16(14)15/h7,14-15H,5-6,11H2,1-4H3,(H,12,13). The third-order valence-electron chi connectivity index (χ3n) is 2.54. The van der Waals surface area contributed by atoms with Crippen LogP contribution >= 0.6 is 8.38 Å². The summed E-state index contributed by atoms with van der Waals surface area (Å²) >= 11 is 0. The van der Waals surface area contributed by atoms with Gasteiger partial charge in [0, 0.05) is 5.16 Å². The average molecular weight is 251 g/mol. The Kier molecular flexibility index (Phi) is 5.33. The van der Waals surface area contributed by atoms with Gasteiger partial charge in [0.2, 0.25) is 0 Å². The molecule has 0 aromatic carbocycles. The molecular formula is C10H22NO4P. The molecule has 5 N–H and O–H groups in total. The molecule has 0 aromatic rings. The minimum Gasteiger partial charge on any atom is -0.480 e. The minimum absolute atomic E-state index is 0.314. The second-order valence-electron chi connectivity index (χ2n) is 5.59. The van der Waals surface area contributed by atoms with Crippen LogP contribution in [0.5, 0.6) is 0 Å². The Morgan fingerprint density at radius 3 is 2.06 bits per heavy atom. The minimum atomic E-state index is -2.04. The molecule has 0 aliphatic heterocycles. The van der Waals surface area contributed by atoms with Crippen molar-refractivity contribution >= 4 is 14.3 Å². The van der Waals surface area contributed by atoms with Gasteiger partial charge in [0.05, 0.1) is 0 Å². The molecule has 0 rings (SSSR count). The number of hydrogen-bond donors (Lipinski definition) is 4. The predicted octanol–water partition coefficient (Wildman–Crippen LogP) is 1.28. The molecule has 0 saturated carbocycles. The summed E-state index contributed by atoms with van der Waals surface area (Å²) in [6.07, 6.45) is 0.828. The average Bonchev–Trinajstić information content (AvgIpc) is 1.99. The van der Waals surface area contributed by atoms with Crippen molar-refractivity contribution in [3.63, 3.8) is 0 Å². The molecule has 0 saturated heterocycles. The van der Waals surface area contributed by atoms with Crippen LogP contribution in [-0.2, 0) is 4.79 Å². The summed E-state index contributed by atoms with van der Waals surface area (Å²) in [4.78, 5) is 29.2. The lowest BCUT2D eigenvalue weighted by molar-refractivity contribution is -0.139. The van der Waals surface area contributed by atoms with Gasteiger partial charge in [-0.15, -0.1) is 0 Å². The lowest BCUT2D eigenvalue weighted by Gasteiger charge is -2.36. The molecule has 0 spiro atoms. The van der Waals surface area contributed by atoms with E-state index in [0.717, 1.165) is 0 Å². The van der Waals surface area contributed by atoms with Crippen LogP contribution in [0, 0.1) is 5.41 Å². The summed E-state index contributed by atoms with van der Waals surface area (Å²) in [7, 11) is -2.04. The van der Waals surface area contributed by atoms with Gasteiger partial charge in [0.1, 0.15) is 6.04 Å². The SMILES string of the molecule is CC(C)(CC(N)C(=O)O)CC(C)(C)P(O)O. The van der Waals surface area contributed by atoms with Crippen molar-refractivity contribution in [1.29, 1.82) is 0 Å². The summed E-state index contributed by atoms with van der Waals surface area (Å²) in [5, 5.41) is 8.12. The first-order valence-corrected chi connectivity index (χ1v) is 6.39. The van der Waals surface area contributed by atoms with Crippen molar-refractivity contribution in [2.45, 2.75) is 51.7 Å². The van der Waals surface area contributed by atoms with Crippen molar-refractivity contribution in [2.75, 3.05) is 0 Å². The van der Waals surface area contributed by atoms with E-state index >= 15 is 0 Å². The van der Waals surface area contributed by atoms with Gasteiger partial charge in [0.25, 0.3) is 0 Å². The highest BCUT2D eigenvalue weighted by Crippen LogP contribution is 2.49. The first kappa shape index (κ1) is 15.8. The van der Waals surface area contributed by atoms with E-state index in [0.29, 0.717) is 12.8 Å². The second kappa shape index (κ2) is 5.41. The van der Waals surface area contributed by atoms with Crippen LogP contribution in [0.25, 0.3) is 0 Å². The number of carbonyl (C=O) groups is 1. The fourth-order valence-electron chi connectivity index (χ4n) is 2.00. The van der Waals surface area contributed by atoms with Crippen molar-refractivity contribution in [3.8, 4) is 0 Å². The quantitative estimate of drug-likeness (QED) is 0.532. The predicted molar refractivity (Wildman–Crippen MR) is 64.1 cm³/mol. The maximum absolute atomic E-state index is 10.7. The zero-order valence-electron chi connectivity index (χ0n) is 10.3. The lowest BCUT2D eigenvalue weighted by atomic mass is 9.78. The Balaban J connectivity index is 4.51. The fraction of sp³-hybridized carbons (Fsp3) is 0.900. The first-order valence-electron chi connectivity index (χ1n) is 5.14. The third kappa shape index (κ3) is 5.21. The molecule has 1 unspecified atom stereocenters. The van der Waals surface area contributed by atoms with Crippen molar-refractivity contribution in [3.05, 3.63) is 0 Å². The van der Waals surface area contributed by atoms with Crippen molar-refractivity contribution in [1.82, 2.24) is 0 Å². The summed E-state index contributed by atoms with van der Waals surface area (Å²) in [5.41, 5.74) is 5.14. The molecule has 1 atom stereocenters. The maximum Gasteiger partial charge on any atom is 0.320 e. The van der Waals surface area contributed by atoms with Crippen LogP contribution in [0.2, 0.25) is 0 Å². The van der Waals surface area contributed by atoms with Crippen molar-refractivity contribution < 1.29 is 19.7 Å². The summed E-state index contributed by atoms with van der Waals surface area (Å²) in [6.45, 7) is 7.28. The molecule has 5 nitrogen and oxygen atoms in total. The van der Waals surface area contributed by atoms with Crippen LogP contribution in [0.15, 0.2) is 0 Å². The number of aliphatic carboxylic acids is 1. The van der Waals surface area contributed by atoms with E-state index in [1.807, 2.05) is 13.8 Å². The molecule has 0 radical (unpaired) electrons. The number of nitrogens with two attached hydrogens (primary N) is 1. The van der Waals surface area contributed by atoms with Gasteiger partial charge in [-0.2, -0.15) is 0 Å². The van der Waals surface area contributed by atoms with Crippen LogP contribution in [0.1, 0.15) is 40.5 Å². The first-order chi connectivity index (χ1) is 6.98. The van der Waals surface area contributed by atoms with Gasteiger partial charge < -0.3 is 20.6 Å². The number of hydrogen-bond acceptors (Lipinski definition) is 4. The maximum atomic E-state index is 10.7. The molecule has 16 heavy (non-hydrogen) atoms. The second-order valence-corrected chi connectivity index (χ2v) is 7.38. The Bertz CT molecular complexity index is 253. The number of rotatable bonds is 6. The number of carboxylic acid groups (broad SMARTS) is 1. The van der Waals surface area contributed by atoms with E-state index in [4.69, 9.17) is 10.8 Å². The zero-order chi connectivity index (χ0) is 13.1. The van der Waals surface area contributed by atoms with Gasteiger partial charge in [-0.25, -0.2) is 0 Å². The Morgan fingerprint density at radius 1 is 1.31 bits per heavy atom. The van der Waals surface area contributed by atoms with Crippen LogP contribution < -0.4 is 5.73 Å². The molecule has 0 aromatic heterocycles. The molecular weight excluding hydrogens is 229 g/mol. The van der Waals surface area contributed by atoms with Gasteiger partial charge in [-0.3, -0.25) is 4.79 Å². The zero-order valence-corrected chi connectivity index (χ0v) is 11.2. The van der Waals surface area contributed by atoms with Gasteiger partial charge in [-0.1, -0.05) is 27.7 Å². The highest BCUT2D eigenvalue weighted by molar-refractivity contribution is 7.46. The van der Waals surface area contributed by atoms with E-state index in [9.17, 15) is 14.6 Å². The van der Waals surface area contributed by atoms with E-state index in [2.05, 4.69) is 0 Å². The number of carboxylic acids is 1. The monoisotopic (exact) mass is 251 g/mol. The summed E-state index contributed by atoms with van der Waals surface area (Å²) in [6, 6.07) is -0.908. The lowest BCUT2D eigenvalue weighted by Crippen LogP contribution is -2.37. The molecule has 0 aliphatic carbocycles. The molecule has 0 fully saturated rings. The van der Waals surface area contributed by atoms with E-state index < -0.39 is 25.5 Å². The molecule has 96 valence electrons. The molecule has 0 aliphatic rings. The summed E-state index contributed by atoms with van der Waals surface area (Å²) in [5.74, 6) is -1.03. The smallest absolute Gasteiger partial charge is 0.320 e. The molecule has 0 amide bonds. The Labute approximate surface area is 97.6 Å². The topological polar surface area (TPSA) is 104 Å². The third-order valence-corrected chi connectivity index (χ3v) is 3.78. The Morgan fingerprint density at radius 2 is 1.75 bits per heavy atom. The largest absolute Gasteiger partial charge is 0.480 e.